The van der Waals surface area contributed by atoms with Gasteiger partial charge in [-0.3, -0.25) is 10.1 Å². The van der Waals surface area contributed by atoms with E-state index in [-0.39, 0.29) is 12.3 Å². The van der Waals surface area contributed by atoms with Crippen molar-refractivity contribution in [3.63, 3.8) is 0 Å². The first-order valence-corrected chi connectivity index (χ1v) is 6.49. The van der Waals surface area contributed by atoms with Crippen molar-refractivity contribution in [2.75, 3.05) is 6.61 Å². The molecule has 5 nitrogen and oxygen atoms in total. The van der Waals surface area contributed by atoms with E-state index in [9.17, 15) is 15.2 Å². The van der Waals surface area contributed by atoms with Crippen molar-refractivity contribution in [3.05, 3.63) is 32.8 Å². The van der Waals surface area contributed by atoms with Crippen molar-refractivity contribution in [1.29, 1.82) is 0 Å². The summed E-state index contributed by atoms with van der Waals surface area (Å²) < 4.78 is 6.01. The Hall–Kier alpha value is -1.14. The Morgan fingerprint density at radius 3 is 2.50 bits per heavy atom. The van der Waals surface area contributed by atoms with Gasteiger partial charge in [0.05, 0.1) is 16.6 Å². The maximum atomic E-state index is 10.7. The SMILES string of the molecule is CCC(O)(CC)COc1cc(Br)cc([N+](=O)[O-])c1. The molecule has 0 aromatic heterocycles. The first kappa shape index (κ1) is 14.9. The Morgan fingerprint density at radius 2 is 2.00 bits per heavy atom. The molecule has 0 saturated heterocycles. The summed E-state index contributed by atoms with van der Waals surface area (Å²) in [5.41, 5.74) is -0.937. The molecule has 1 rings (SSSR count). The van der Waals surface area contributed by atoms with Gasteiger partial charge >= 0.3 is 0 Å². The fourth-order valence-electron chi connectivity index (χ4n) is 1.41. The summed E-state index contributed by atoms with van der Waals surface area (Å²) in [6, 6.07) is 4.38. The molecular weight excluding hydrogens is 302 g/mol. The van der Waals surface area contributed by atoms with E-state index >= 15 is 0 Å². The molecular formula is C12H16BrNO4. The topological polar surface area (TPSA) is 72.6 Å². The number of aliphatic hydroxyl groups is 1. The first-order valence-electron chi connectivity index (χ1n) is 5.70. The largest absolute Gasteiger partial charge is 0.490 e. The van der Waals surface area contributed by atoms with Gasteiger partial charge in [-0.2, -0.15) is 0 Å². The molecule has 0 bridgehead atoms. The summed E-state index contributed by atoms with van der Waals surface area (Å²) in [5, 5.41) is 20.8. The van der Waals surface area contributed by atoms with Crippen LogP contribution in [-0.2, 0) is 0 Å². The molecule has 0 unspecified atom stereocenters. The molecule has 0 atom stereocenters. The number of hydrogen-bond acceptors (Lipinski definition) is 4. The average molecular weight is 318 g/mol. The third-order valence-electron chi connectivity index (χ3n) is 2.89. The van der Waals surface area contributed by atoms with Crippen molar-refractivity contribution in [2.45, 2.75) is 32.3 Å². The molecule has 1 N–H and O–H groups in total. The lowest BCUT2D eigenvalue weighted by Gasteiger charge is -2.25. The second-order valence-corrected chi connectivity index (χ2v) is 5.04. The van der Waals surface area contributed by atoms with E-state index in [0.29, 0.717) is 23.1 Å². The Kier molecular flexibility index (Phi) is 5.10. The van der Waals surface area contributed by atoms with Crippen LogP contribution < -0.4 is 4.74 Å². The zero-order valence-electron chi connectivity index (χ0n) is 10.4. The highest BCUT2D eigenvalue weighted by atomic mass is 79.9. The van der Waals surface area contributed by atoms with E-state index in [1.54, 1.807) is 6.07 Å². The van der Waals surface area contributed by atoms with Gasteiger partial charge in [0.2, 0.25) is 0 Å². The zero-order valence-corrected chi connectivity index (χ0v) is 11.9. The van der Waals surface area contributed by atoms with Gasteiger partial charge in [0.15, 0.2) is 0 Å². The van der Waals surface area contributed by atoms with Crippen LogP contribution in [0.15, 0.2) is 22.7 Å². The molecule has 0 aliphatic carbocycles. The van der Waals surface area contributed by atoms with Crippen LogP contribution in [0.5, 0.6) is 5.75 Å². The first-order chi connectivity index (χ1) is 8.40. The minimum atomic E-state index is -0.892. The smallest absolute Gasteiger partial charge is 0.274 e. The van der Waals surface area contributed by atoms with Crippen LogP contribution in [0.25, 0.3) is 0 Å². The number of nitrogens with zero attached hydrogens (tertiary/aromatic N) is 1. The highest BCUT2D eigenvalue weighted by molar-refractivity contribution is 9.10. The number of nitro benzene ring substituents is 1. The minimum absolute atomic E-state index is 0.0455. The fraction of sp³-hybridized carbons (Fsp3) is 0.500. The molecule has 0 radical (unpaired) electrons. The second-order valence-electron chi connectivity index (χ2n) is 4.12. The van der Waals surface area contributed by atoms with Gasteiger partial charge in [0.1, 0.15) is 12.4 Å². The van der Waals surface area contributed by atoms with Gasteiger partial charge < -0.3 is 9.84 Å². The Bertz CT molecular complexity index is 432. The van der Waals surface area contributed by atoms with Crippen LogP contribution in [0.4, 0.5) is 5.69 Å². The Balaban J connectivity index is 2.82. The number of rotatable bonds is 6. The summed E-state index contributed by atoms with van der Waals surface area (Å²) in [4.78, 5) is 10.2. The van der Waals surface area contributed by atoms with Gasteiger partial charge in [0.25, 0.3) is 5.69 Å². The highest BCUT2D eigenvalue weighted by Gasteiger charge is 2.23. The van der Waals surface area contributed by atoms with Crippen molar-refractivity contribution < 1.29 is 14.8 Å². The van der Waals surface area contributed by atoms with Crippen LogP contribution in [0.3, 0.4) is 0 Å². The molecule has 18 heavy (non-hydrogen) atoms. The minimum Gasteiger partial charge on any atom is -0.490 e. The molecule has 0 spiro atoms. The summed E-state index contributed by atoms with van der Waals surface area (Å²) in [7, 11) is 0. The number of benzene rings is 1. The lowest BCUT2D eigenvalue weighted by Crippen LogP contribution is -2.34. The van der Waals surface area contributed by atoms with E-state index in [1.807, 2.05) is 13.8 Å². The van der Waals surface area contributed by atoms with Gasteiger partial charge in [0, 0.05) is 10.5 Å². The number of halogens is 1. The summed E-state index contributed by atoms with van der Waals surface area (Å²) in [5.74, 6) is 0.372. The Labute approximate surface area is 114 Å². The van der Waals surface area contributed by atoms with Crippen molar-refractivity contribution >= 4 is 21.6 Å². The predicted octanol–water partition coefficient (Wildman–Crippen LogP) is 3.29. The molecule has 0 fully saturated rings. The maximum absolute atomic E-state index is 10.7. The number of hydrogen-bond donors (Lipinski definition) is 1. The maximum Gasteiger partial charge on any atom is 0.274 e. The van der Waals surface area contributed by atoms with Crippen molar-refractivity contribution in [2.24, 2.45) is 0 Å². The lowest BCUT2D eigenvalue weighted by molar-refractivity contribution is -0.385. The average Bonchev–Trinajstić information content (AvgIpc) is 2.35. The third kappa shape index (κ3) is 3.96. The standard InChI is InChI=1S/C12H16BrNO4/c1-3-12(15,4-2)8-18-11-6-9(13)5-10(7-11)14(16)17/h5-7,15H,3-4,8H2,1-2H3. The number of non-ortho nitro benzene ring substituents is 1. The molecule has 100 valence electrons. The lowest BCUT2D eigenvalue weighted by atomic mass is 9.99. The molecule has 0 heterocycles. The zero-order chi connectivity index (χ0) is 13.8. The van der Waals surface area contributed by atoms with Crippen molar-refractivity contribution in [1.82, 2.24) is 0 Å². The van der Waals surface area contributed by atoms with E-state index in [2.05, 4.69) is 15.9 Å². The van der Waals surface area contributed by atoms with E-state index in [1.165, 1.54) is 12.1 Å². The Morgan fingerprint density at radius 1 is 1.39 bits per heavy atom. The number of nitro groups is 1. The predicted molar refractivity (Wildman–Crippen MR) is 71.8 cm³/mol. The van der Waals surface area contributed by atoms with Crippen LogP contribution in [0, 0.1) is 10.1 Å². The number of ether oxygens (including phenoxy) is 1. The van der Waals surface area contributed by atoms with Crippen LogP contribution in [-0.4, -0.2) is 22.2 Å². The van der Waals surface area contributed by atoms with Gasteiger partial charge in [-0.25, -0.2) is 0 Å². The molecule has 0 amide bonds. The van der Waals surface area contributed by atoms with Crippen LogP contribution >= 0.6 is 15.9 Å². The van der Waals surface area contributed by atoms with Crippen LogP contribution in [0.1, 0.15) is 26.7 Å². The van der Waals surface area contributed by atoms with E-state index < -0.39 is 10.5 Å². The molecule has 6 heteroatoms. The molecule has 0 aliphatic rings. The van der Waals surface area contributed by atoms with Gasteiger partial charge in [-0.05, 0) is 18.9 Å². The summed E-state index contributed by atoms with van der Waals surface area (Å²) in [6.07, 6.45) is 1.14. The van der Waals surface area contributed by atoms with E-state index in [0.717, 1.165) is 0 Å². The summed E-state index contributed by atoms with van der Waals surface area (Å²) in [6.45, 7) is 3.86. The molecule has 1 aromatic rings. The highest BCUT2D eigenvalue weighted by Crippen LogP contribution is 2.27. The monoisotopic (exact) mass is 317 g/mol. The molecule has 1 aromatic carbocycles. The molecule has 0 saturated carbocycles. The van der Waals surface area contributed by atoms with Crippen molar-refractivity contribution in [3.8, 4) is 5.75 Å². The summed E-state index contributed by atoms with van der Waals surface area (Å²) >= 11 is 3.19. The van der Waals surface area contributed by atoms with Crippen LogP contribution in [0.2, 0.25) is 0 Å². The molecule has 0 aliphatic heterocycles. The quantitative estimate of drug-likeness (QED) is 0.645. The normalized spacial score (nSPS) is 11.3. The third-order valence-corrected chi connectivity index (χ3v) is 3.35. The fourth-order valence-corrected chi connectivity index (χ4v) is 1.87. The van der Waals surface area contributed by atoms with E-state index in [4.69, 9.17) is 4.74 Å². The van der Waals surface area contributed by atoms with Gasteiger partial charge in [-0.1, -0.05) is 29.8 Å². The second kappa shape index (κ2) is 6.15. The van der Waals surface area contributed by atoms with Gasteiger partial charge in [-0.15, -0.1) is 0 Å².